The zero-order valence-corrected chi connectivity index (χ0v) is 12.5. The van der Waals surface area contributed by atoms with Gasteiger partial charge in [-0.3, -0.25) is 9.36 Å². The molecule has 1 amide bonds. The Morgan fingerprint density at radius 1 is 1.29 bits per heavy atom. The van der Waals surface area contributed by atoms with Crippen molar-refractivity contribution in [2.75, 3.05) is 0 Å². The first kappa shape index (κ1) is 17.6. The van der Waals surface area contributed by atoms with Gasteiger partial charge in [-0.25, -0.2) is 9.18 Å². The standard InChI is InChI=1S/C15H13F4N3O2/c1-9-4-5-22(14(24)21-9)8-13(23)20-7-10-2-3-11(16)6-12(10)15(17,18)19/h2-6H,7-8H2,1H3,(H,20,23). The largest absolute Gasteiger partial charge is 0.416 e. The molecule has 0 atom stereocenters. The Hall–Kier alpha value is -2.71. The summed E-state index contributed by atoms with van der Waals surface area (Å²) in [6.45, 7) is 0.787. The van der Waals surface area contributed by atoms with Gasteiger partial charge in [0.15, 0.2) is 0 Å². The number of amides is 1. The van der Waals surface area contributed by atoms with Gasteiger partial charge in [-0.05, 0) is 30.7 Å². The third-order valence-electron chi connectivity index (χ3n) is 3.18. The number of hydrogen-bond acceptors (Lipinski definition) is 3. The Bertz CT molecular complexity index is 815. The van der Waals surface area contributed by atoms with Crippen molar-refractivity contribution in [3.63, 3.8) is 0 Å². The van der Waals surface area contributed by atoms with E-state index >= 15 is 0 Å². The summed E-state index contributed by atoms with van der Waals surface area (Å²) >= 11 is 0. The second kappa shape index (κ2) is 6.81. The third-order valence-corrected chi connectivity index (χ3v) is 3.18. The average molecular weight is 343 g/mol. The number of halogens is 4. The average Bonchev–Trinajstić information content (AvgIpc) is 2.48. The van der Waals surface area contributed by atoms with Crippen molar-refractivity contribution in [3.8, 4) is 0 Å². The molecule has 128 valence electrons. The van der Waals surface area contributed by atoms with E-state index in [0.29, 0.717) is 11.8 Å². The van der Waals surface area contributed by atoms with E-state index in [2.05, 4.69) is 10.3 Å². The molecule has 1 heterocycles. The van der Waals surface area contributed by atoms with Crippen LogP contribution in [0.4, 0.5) is 17.6 Å². The highest BCUT2D eigenvalue weighted by molar-refractivity contribution is 5.75. The van der Waals surface area contributed by atoms with Crippen molar-refractivity contribution in [2.45, 2.75) is 26.2 Å². The van der Waals surface area contributed by atoms with Crippen molar-refractivity contribution in [1.29, 1.82) is 0 Å². The lowest BCUT2D eigenvalue weighted by molar-refractivity contribution is -0.138. The lowest BCUT2D eigenvalue weighted by Crippen LogP contribution is -2.33. The topological polar surface area (TPSA) is 64.0 Å². The number of carbonyl (C=O) groups is 1. The first-order valence-corrected chi connectivity index (χ1v) is 6.83. The Morgan fingerprint density at radius 3 is 2.62 bits per heavy atom. The maximum atomic E-state index is 13.0. The highest BCUT2D eigenvalue weighted by atomic mass is 19.4. The molecule has 1 aromatic heterocycles. The summed E-state index contributed by atoms with van der Waals surface area (Å²) < 4.78 is 52.6. The van der Waals surface area contributed by atoms with Gasteiger partial charge in [-0.1, -0.05) is 6.07 Å². The molecule has 0 aliphatic heterocycles. The molecule has 0 spiro atoms. The van der Waals surface area contributed by atoms with Crippen molar-refractivity contribution in [1.82, 2.24) is 14.9 Å². The van der Waals surface area contributed by atoms with Crippen LogP contribution >= 0.6 is 0 Å². The highest BCUT2D eigenvalue weighted by Crippen LogP contribution is 2.32. The molecule has 2 aromatic rings. The summed E-state index contributed by atoms with van der Waals surface area (Å²) in [4.78, 5) is 27.0. The summed E-state index contributed by atoms with van der Waals surface area (Å²) in [5, 5.41) is 2.27. The maximum Gasteiger partial charge on any atom is 0.416 e. The summed E-state index contributed by atoms with van der Waals surface area (Å²) in [5.41, 5.74) is -1.58. The fraction of sp³-hybridized carbons (Fsp3) is 0.267. The molecule has 0 aliphatic rings. The van der Waals surface area contributed by atoms with Crippen LogP contribution in [-0.4, -0.2) is 15.5 Å². The number of nitrogens with zero attached hydrogens (tertiary/aromatic N) is 2. The Kier molecular flexibility index (Phi) is 5.01. The van der Waals surface area contributed by atoms with Crippen LogP contribution in [0.3, 0.4) is 0 Å². The number of aryl methyl sites for hydroxylation is 1. The van der Waals surface area contributed by atoms with Gasteiger partial charge in [0.25, 0.3) is 0 Å². The molecule has 5 nitrogen and oxygen atoms in total. The molecule has 0 saturated carbocycles. The van der Waals surface area contributed by atoms with Crippen LogP contribution < -0.4 is 11.0 Å². The Balaban J connectivity index is 2.08. The molecular formula is C15H13F4N3O2. The van der Waals surface area contributed by atoms with Gasteiger partial charge in [0, 0.05) is 18.4 Å². The van der Waals surface area contributed by atoms with Crippen molar-refractivity contribution >= 4 is 5.91 Å². The van der Waals surface area contributed by atoms with Gasteiger partial charge in [-0.15, -0.1) is 0 Å². The number of rotatable bonds is 4. The zero-order valence-electron chi connectivity index (χ0n) is 12.5. The SMILES string of the molecule is Cc1ccn(CC(=O)NCc2ccc(F)cc2C(F)(F)F)c(=O)n1. The second-order valence-corrected chi connectivity index (χ2v) is 5.06. The van der Waals surface area contributed by atoms with Gasteiger partial charge >= 0.3 is 11.9 Å². The molecule has 0 aliphatic carbocycles. The van der Waals surface area contributed by atoms with E-state index in [1.54, 1.807) is 6.92 Å². The zero-order chi connectivity index (χ0) is 17.9. The van der Waals surface area contributed by atoms with Crippen LogP contribution in [0.1, 0.15) is 16.8 Å². The number of alkyl halides is 3. The first-order chi connectivity index (χ1) is 11.2. The van der Waals surface area contributed by atoms with Crippen LogP contribution in [0, 0.1) is 12.7 Å². The molecule has 0 unspecified atom stereocenters. The molecular weight excluding hydrogens is 330 g/mol. The minimum Gasteiger partial charge on any atom is -0.350 e. The van der Waals surface area contributed by atoms with Crippen LogP contribution in [0.15, 0.2) is 35.3 Å². The molecule has 2 rings (SSSR count). The van der Waals surface area contributed by atoms with Gasteiger partial charge in [0.05, 0.1) is 5.56 Å². The van der Waals surface area contributed by atoms with Gasteiger partial charge in [0.2, 0.25) is 5.91 Å². The van der Waals surface area contributed by atoms with E-state index < -0.39 is 35.7 Å². The number of nitrogens with one attached hydrogen (secondary N) is 1. The van der Waals surface area contributed by atoms with Crippen molar-refractivity contribution < 1.29 is 22.4 Å². The minimum atomic E-state index is -4.74. The predicted octanol–water partition coefficient (Wildman–Crippen LogP) is 2.03. The number of hydrogen-bond donors (Lipinski definition) is 1. The summed E-state index contributed by atoms with van der Waals surface area (Å²) in [7, 11) is 0. The van der Waals surface area contributed by atoms with E-state index in [0.717, 1.165) is 16.7 Å². The van der Waals surface area contributed by atoms with Crippen LogP contribution in [0.25, 0.3) is 0 Å². The predicted molar refractivity (Wildman–Crippen MR) is 76.5 cm³/mol. The monoisotopic (exact) mass is 343 g/mol. The Labute approximate surface area is 133 Å². The fourth-order valence-corrected chi connectivity index (χ4v) is 2.01. The lowest BCUT2D eigenvalue weighted by atomic mass is 10.1. The van der Waals surface area contributed by atoms with Crippen molar-refractivity contribution in [3.05, 3.63) is 63.6 Å². The van der Waals surface area contributed by atoms with E-state index in [9.17, 15) is 27.2 Å². The van der Waals surface area contributed by atoms with Gasteiger partial charge in [0.1, 0.15) is 12.4 Å². The molecule has 0 fully saturated rings. The van der Waals surface area contributed by atoms with E-state index in [1.807, 2.05) is 0 Å². The lowest BCUT2D eigenvalue weighted by Gasteiger charge is -2.14. The number of carbonyl (C=O) groups excluding carboxylic acids is 1. The fourth-order valence-electron chi connectivity index (χ4n) is 2.01. The molecule has 1 N–H and O–H groups in total. The number of aromatic nitrogens is 2. The summed E-state index contributed by atoms with van der Waals surface area (Å²) in [6, 6.07) is 3.73. The van der Waals surface area contributed by atoms with Crippen molar-refractivity contribution in [2.24, 2.45) is 0 Å². The van der Waals surface area contributed by atoms with Crippen LogP contribution in [0.5, 0.6) is 0 Å². The molecule has 24 heavy (non-hydrogen) atoms. The molecule has 0 radical (unpaired) electrons. The normalized spacial score (nSPS) is 11.4. The molecule has 1 aromatic carbocycles. The quantitative estimate of drug-likeness (QED) is 0.864. The maximum absolute atomic E-state index is 13.0. The minimum absolute atomic E-state index is 0.272. The smallest absolute Gasteiger partial charge is 0.350 e. The summed E-state index contributed by atoms with van der Waals surface area (Å²) in [6.07, 6.45) is -3.37. The highest BCUT2D eigenvalue weighted by Gasteiger charge is 2.33. The van der Waals surface area contributed by atoms with Crippen LogP contribution in [-0.2, 0) is 24.1 Å². The summed E-state index contributed by atoms with van der Waals surface area (Å²) in [5.74, 6) is -1.69. The first-order valence-electron chi connectivity index (χ1n) is 6.83. The van der Waals surface area contributed by atoms with E-state index in [4.69, 9.17) is 0 Å². The molecule has 0 saturated heterocycles. The second-order valence-electron chi connectivity index (χ2n) is 5.06. The van der Waals surface area contributed by atoms with E-state index in [1.165, 1.54) is 12.3 Å². The molecule has 9 heteroatoms. The van der Waals surface area contributed by atoms with Crippen LogP contribution in [0.2, 0.25) is 0 Å². The van der Waals surface area contributed by atoms with E-state index in [-0.39, 0.29) is 12.1 Å². The Morgan fingerprint density at radius 2 is 2.00 bits per heavy atom. The van der Waals surface area contributed by atoms with Gasteiger partial charge in [-0.2, -0.15) is 18.2 Å². The third kappa shape index (κ3) is 4.40. The number of benzene rings is 1. The molecule has 0 bridgehead atoms. The van der Waals surface area contributed by atoms with Gasteiger partial charge < -0.3 is 5.32 Å².